The van der Waals surface area contributed by atoms with Crippen LogP contribution in [0.4, 0.5) is 0 Å². The van der Waals surface area contributed by atoms with E-state index in [1.165, 1.54) is 31.2 Å². The number of nitrogens with one attached hydrogen (secondary N) is 1. The first kappa shape index (κ1) is 16.5. The molecule has 0 bridgehead atoms. The average Bonchev–Trinajstić information content (AvgIpc) is 2.52. The number of hydrogen-bond donors (Lipinski definition) is 1. The van der Waals surface area contributed by atoms with Crippen LogP contribution in [0.15, 0.2) is 30.3 Å². The molecule has 0 aliphatic carbocycles. The summed E-state index contributed by atoms with van der Waals surface area (Å²) in [6.07, 6.45) is 5.13. The largest absolute Gasteiger partial charge is 0.381 e. The molecule has 1 aromatic carbocycles. The SMILES string of the molecule is CC(C)CNCC(CCC1CCOCC1)c1ccccc1. The molecule has 0 radical (unpaired) electrons. The van der Waals surface area contributed by atoms with Crippen molar-refractivity contribution in [1.29, 1.82) is 0 Å². The molecule has 118 valence electrons. The molecule has 1 aliphatic heterocycles. The third kappa shape index (κ3) is 6.19. The van der Waals surface area contributed by atoms with E-state index in [2.05, 4.69) is 49.5 Å². The van der Waals surface area contributed by atoms with E-state index in [-0.39, 0.29) is 0 Å². The van der Waals surface area contributed by atoms with Gasteiger partial charge in [0.1, 0.15) is 0 Å². The second-order valence-electron chi connectivity index (χ2n) is 6.79. The lowest BCUT2D eigenvalue weighted by atomic mass is 9.87. The van der Waals surface area contributed by atoms with E-state index in [0.29, 0.717) is 5.92 Å². The Morgan fingerprint density at radius 2 is 1.81 bits per heavy atom. The third-order valence-electron chi connectivity index (χ3n) is 4.48. The summed E-state index contributed by atoms with van der Waals surface area (Å²) in [6, 6.07) is 11.0. The molecule has 1 fully saturated rings. The molecule has 1 atom stereocenters. The summed E-state index contributed by atoms with van der Waals surface area (Å²) in [6.45, 7) is 8.68. The fourth-order valence-electron chi connectivity index (χ4n) is 3.13. The van der Waals surface area contributed by atoms with Crippen LogP contribution >= 0.6 is 0 Å². The van der Waals surface area contributed by atoms with Crippen molar-refractivity contribution < 1.29 is 4.74 Å². The van der Waals surface area contributed by atoms with Crippen LogP contribution in [-0.2, 0) is 4.74 Å². The van der Waals surface area contributed by atoms with Gasteiger partial charge in [-0.25, -0.2) is 0 Å². The lowest BCUT2D eigenvalue weighted by Gasteiger charge is -2.25. The molecule has 2 nitrogen and oxygen atoms in total. The molecule has 0 saturated carbocycles. The molecule has 1 aliphatic rings. The molecule has 2 rings (SSSR count). The number of ether oxygens (including phenoxy) is 1. The van der Waals surface area contributed by atoms with Crippen LogP contribution in [-0.4, -0.2) is 26.3 Å². The Labute approximate surface area is 130 Å². The van der Waals surface area contributed by atoms with Crippen LogP contribution < -0.4 is 5.32 Å². The van der Waals surface area contributed by atoms with Crippen molar-refractivity contribution in [2.45, 2.75) is 45.4 Å². The zero-order chi connectivity index (χ0) is 14.9. The first-order chi connectivity index (χ1) is 10.3. The first-order valence-corrected chi connectivity index (χ1v) is 8.59. The summed E-state index contributed by atoms with van der Waals surface area (Å²) in [5.41, 5.74) is 1.49. The number of rotatable bonds is 8. The van der Waals surface area contributed by atoms with Gasteiger partial charge in [0.15, 0.2) is 0 Å². The van der Waals surface area contributed by atoms with Gasteiger partial charge in [-0.3, -0.25) is 0 Å². The molecular weight excluding hydrogens is 258 g/mol. The second-order valence-corrected chi connectivity index (χ2v) is 6.79. The van der Waals surface area contributed by atoms with Crippen LogP contribution in [0.1, 0.15) is 51.0 Å². The fourth-order valence-corrected chi connectivity index (χ4v) is 3.13. The minimum atomic E-state index is 0.646. The van der Waals surface area contributed by atoms with Gasteiger partial charge < -0.3 is 10.1 Å². The zero-order valence-corrected chi connectivity index (χ0v) is 13.7. The highest BCUT2D eigenvalue weighted by Crippen LogP contribution is 2.27. The van der Waals surface area contributed by atoms with Crippen LogP contribution in [0.3, 0.4) is 0 Å². The molecule has 0 spiro atoms. The van der Waals surface area contributed by atoms with Crippen molar-refractivity contribution in [3.63, 3.8) is 0 Å². The lowest BCUT2D eigenvalue weighted by molar-refractivity contribution is 0.0627. The third-order valence-corrected chi connectivity index (χ3v) is 4.48. The van der Waals surface area contributed by atoms with Gasteiger partial charge in [-0.05, 0) is 55.5 Å². The van der Waals surface area contributed by atoms with Crippen LogP contribution in [0.25, 0.3) is 0 Å². The molecule has 0 amide bonds. The van der Waals surface area contributed by atoms with Crippen molar-refractivity contribution in [2.75, 3.05) is 26.3 Å². The minimum absolute atomic E-state index is 0.646. The summed E-state index contributed by atoms with van der Waals surface area (Å²) in [7, 11) is 0. The van der Waals surface area contributed by atoms with Gasteiger partial charge in [0.25, 0.3) is 0 Å². The number of hydrogen-bond acceptors (Lipinski definition) is 2. The average molecular weight is 289 g/mol. The van der Waals surface area contributed by atoms with Gasteiger partial charge in [-0.1, -0.05) is 44.2 Å². The molecule has 1 unspecified atom stereocenters. The lowest BCUT2D eigenvalue weighted by Crippen LogP contribution is -2.26. The van der Waals surface area contributed by atoms with Crippen molar-refractivity contribution in [3.8, 4) is 0 Å². The smallest absolute Gasteiger partial charge is 0.0468 e. The van der Waals surface area contributed by atoms with Crippen LogP contribution in [0, 0.1) is 11.8 Å². The topological polar surface area (TPSA) is 21.3 Å². The van der Waals surface area contributed by atoms with E-state index in [4.69, 9.17) is 4.74 Å². The maximum atomic E-state index is 5.47. The Bertz CT molecular complexity index is 370. The van der Waals surface area contributed by atoms with Gasteiger partial charge in [-0.2, -0.15) is 0 Å². The molecule has 0 aromatic heterocycles. The highest BCUT2D eigenvalue weighted by molar-refractivity contribution is 5.19. The standard InChI is InChI=1S/C19H31NO/c1-16(2)14-20-15-19(18-6-4-3-5-7-18)9-8-17-10-12-21-13-11-17/h3-7,16-17,19-20H,8-15H2,1-2H3. The van der Waals surface area contributed by atoms with Crippen molar-refractivity contribution in [3.05, 3.63) is 35.9 Å². The van der Waals surface area contributed by atoms with E-state index in [0.717, 1.165) is 38.1 Å². The van der Waals surface area contributed by atoms with Crippen LogP contribution in [0.2, 0.25) is 0 Å². The zero-order valence-electron chi connectivity index (χ0n) is 13.7. The van der Waals surface area contributed by atoms with Gasteiger partial charge in [0.2, 0.25) is 0 Å². The highest BCUT2D eigenvalue weighted by atomic mass is 16.5. The maximum absolute atomic E-state index is 5.47. The van der Waals surface area contributed by atoms with E-state index in [1.807, 2.05) is 0 Å². The van der Waals surface area contributed by atoms with Crippen LogP contribution in [0.5, 0.6) is 0 Å². The Balaban J connectivity index is 1.85. The van der Waals surface area contributed by atoms with Gasteiger partial charge in [-0.15, -0.1) is 0 Å². The maximum Gasteiger partial charge on any atom is 0.0468 e. The molecule has 1 heterocycles. The summed E-state index contributed by atoms with van der Waals surface area (Å²) >= 11 is 0. The quantitative estimate of drug-likeness (QED) is 0.773. The Morgan fingerprint density at radius 3 is 2.48 bits per heavy atom. The fraction of sp³-hybridized carbons (Fsp3) is 0.684. The van der Waals surface area contributed by atoms with Crippen molar-refractivity contribution in [2.24, 2.45) is 11.8 Å². The Kier molecular flexibility index (Phi) is 7.25. The van der Waals surface area contributed by atoms with Crippen molar-refractivity contribution >= 4 is 0 Å². The summed E-state index contributed by atoms with van der Waals surface area (Å²) in [5.74, 6) is 2.24. The van der Waals surface area contributed by atoms with Gasteiger partial charge >= 0.3 is 0 Å². The molecule has 1 saturated heterocycles. The van der Waals surface area contributed by atoms with Crippen molar-refractivity contribution in [1.82, 2.24) is 5.32 Å². The normalized spacial score (nSPS) is 18.0. The Morgan fingerprint density at radius 1 is 1.10 bits per heavy atom. The monoisotopic (exact) mass is 289 g/mol. The molecule has 1 N–H and O–H groups in total. The predicted octanol–water partition coefficient (Wildman–Crippen LogP) is 4.22. The van der Waals surface area contributed by atoms with Gasteiger partial charge in [0, 0.05) is 19.8 Å². The second kappa shape index (κ2) is 9.22. The predicted molar refractivity (Wildman–Crippen MR) is 89.7 cm³/mol. The van der Waals surface area contributed by atoms with E-state index in [1.54, 1.807) is 0 Å². The summed E-state index contributed by atoms with van der Waals surface area (Å²) < 4.78 is 5.47. The minimum Gasteiger partial charge on any atom is -0.381 e. The first-order valence-electron chi connectivity index (χ1n) is 8.59. The molecule has 21 heavy (non-hydrogen) atoms. The van der Waals surface area contributed by atoms with E-state index < -0.39 is 0 Å². The van der Waals surface area contributed by atoms with Gasteiger partial charge in [0.05, 0.1) is 0 Å². The van der Waals surface area contributed by atoms with E-state index >= 15 is 0 Å². The number of benzene rings is 1. The van der Waals surface area contributed by atoms with E-state index in [9.17, 15) is 0 Å². The molecule has 1 aromatic rings. The Hall–Kier alpha value is -0.860. The highest BCUT2D eigenvalue weighted by Gasteiger charge is 2.17. The summed E-state index contributed by atoms with van der Waals surface area (Å²) in [4.78, 5) is 0. The molecule has 2 heteroatoms. The summed E-state index contributed by atoms with van der Waals surface area (Å²) in [5, 5.41) is 3.65. The molecular formula is C19H31NO.